The largest absolute Gasteiger partial charge is 0.493 e. The molecule has 0 amide bonds. The molecule has 44 heavy (non-hydrogen) atoms. The fourth-order valence-corrected chi connectivity index (χ4v) is 10.9. The zero-order valence-corrected chi connectivity index (χ0v) is 28.6. The standard InChI is InChI=1S/C35H29NO2S6/c36-22-23-17-26(37-11-9-24-19-32(28-5-1-13-39-28)43-34(24)30-7-3-15-41-30)21-27(18-23)38-12-10-25-20-33(29-6-2-14-40-29)44-35(25)31-8-4-16-42-31/h1-8,13-21H,9-12,22,36H2. The maximum atomic E-state index is 6.32. The highest BCUT2D eigenvalue weighted by atomic mass is 32.1. The Bertz CT molecular complexity index is 1760. The van der Waals surface area contributed by atoms with Gasteiger partial charge in [0.05, 0.1) is 13.2 Å². The van der Waals surface area contributed by atoms with Gasteiger partial charge < -0.3 is 15.2 Å². The first-order valence-corrected chi connectivity index (χ1v) is 19.4. The van der Waals surface area contributed by atoms with Crippen LogP contribution in [0.1, 0.15) is 16.7 Å². The van der Waals surface area contributed by atoms with Gasteiger partial charge in [-0.2, -0.15) is 0 Å². The Kier molecular flexibility index (Phi) is 9.41. The average Bonchev–Trinajstić information content (AvgIpc) is 3.89. The molecule has 0 fully saturated rings. The van der Waals surface area contributed by atoms with Crippen LogP contribution >= 0.6 is 68.0 Å². The Morgan fingerprint density at radius 1 is 0.500 bits per heavy atom. The second-order valence-corrected chi connectivity index (χ2v) is 15.9. The fourth-order valence-electron chi connectivity index (χ4n) is 5.01. The van der Waals surface area contributed by atoms with Crippen LogP contribution in [0.3, 0.4) is 0 Å². The van der Waals surface area contributed by atoms with Crippen molar-refractivity contribution in [2.24, 2.45) is 5.73 Å². The fraction of sp³-hybridized carbons (Fsp3) is 0.143. The normalized spacial score (nSPS) is 11.3. The maximum absolute atomic E-state index is 6.32. The third kappa shape index (κ3) is 6.79. The van der Waals surface area contributed by atoms with E-state index >= 15 is 0 Å². The van der Waals surface area contributed by atoms with Crippen LogP contribution in [-0.2, 0) is 19.4 Å². The zero-order chi connectivity index (χ0) is 29.7. The third-order valence-corrected chi connectivity index (χ3v) is 13.7. The van der Waals surface area contributed by atoms with Crippen LogP contribution in [0.2, 0.25) is 0 Å². The van der Waals surface area contributed by atoms with Crippen molar-refractivity contribution in [3.8, 4) is 50.5 Å². The smallest absolute Gasteiger partial charge is 0.123 e. The van der Waals surface area contributed by atoms with Crippen molar-refractivity contribution in [1.82, 2.24) is 0 Å². The summed E-state index contributed by atoms with van der Waals surface area (Å²) in [5, 5.41) is 8.56. The van der Waals surface area contributed by atoms with Gasteiger partial charge in [-0.15, -0.1) is 68.0 Å². The molecule has 6 heterocycles. The zero-order valence-electron chi connectivity index (χ0n) is 23.7. The predicted octanol–water partition coefficient (Wildman–Crippen LogP) is 11.4. The molecular formula is C35H29NO2S6. The molecule has 0 aliphatic heterocycles. The van der Waals surface area contributed by atoms with Gasteiger partial charge in [0.1, 0.15) is 11.5 Å². The molecule has 0 aliphatic rings. The van der Waals surface area contributed by atoms with Crippen LogP contribution in [0, 0.1) is 0 Å². The molecule has 0 saturated carbocycles. The predicted molar refractivity (Wildman–Crippen MR) is 195 cm³/mol. The van der Waals surface area contributed by atoms with Crippen molar-refractivity contribution >= 4 is 68.0 Å². The van der Waals surface area contributed by atoms with Crippen molar-refractivity contribution in [2.45, 2.75) is 19.4 Å². The van der Waals surface area contributed by atoms with E-state index in [0.717, 1.165) is 29.9 Å². The van der Waals surface area contributed by atoms with Crippen LogP contribution in [0.15, 0.2) is 100 Å². The van der Waals surface area contributed by atoms with E-state index in [4.69, 9.17) is 15.2 Å². The highest BCUT2D eigenvalue weighted by molar-refractivity contribution is 7.26. The van der Waals surface area contributed by atoms with Crippen molar-refractivity contribution < 1.29 is 9.47 Å². The molecule has 0 saturated heterocycles. The molecule has 0 unspecified atom stereocenters. The summed E-state index contributed by atoms with van der Waals surface area (Å²) in [4.78, 5) is 10.5. The molecule has 0 radical (unpaired) electrons. The molecule has 7 aromatic rings. The van der Waals surface area contributed by atoms with Crippen LogP contribution in [0.5, 0.6) is 11.5 Å². The van der Waals surface area contributed by atoms with Crippen LogP contribution in [0.4, 0.5) is 0 Å². The molecule has 0 aliphatic carbocycles. The molecule has 2 N–H and O–H groups in total. The SMILES string of the molecule is NCc1cc(OCCc2cc(-c3cccs3)sc2-c2cccs2)cc(OCCc2cc(-c3cccs3)sc2-c2cccs2)c1. The summed E-state index contributed by atoms with van der Waals surface area (Å²) < 4.78 is 12.6. The molecule has 1 aromatic carbocycles. The number of rotatable bonds is 13. The van der Waals surface area contributed by atoms with Gasteiger partial charge in [0.2, 0.25) is 0 Å². The van der Waals surface area contributed by atoms with E-state index in [1.165, 1.54) is 50.1 Å². The van der Waals surface area contributed by atoms with Gasteiger partial charge in [0.25, 0.3) is 0 Å². The summed E-state index contributed by atoms with van der Waals surface area (Å²) in [5.41, 5.74) is 9.72. The number of thiophene rings is 6. The summed E-state index contributed by atoms with van der Waals surface area (Å²) in [6.45, 7) is 1.59. The Morgan fingerprint density at radius 2 is 0.932 bits per heavy atom. The highest BCUT2D eigenvalue weighted by Crippen LogP contribution is 2.43. The molecule has 0 bridgehead atoms. The number of hydrogen-bond acceptors (Lipinski definition) is 9. The molecular weight excluding hydrogens is 659 g/mol. The monoisotopic (exact) mass is 687 g/mol. The lowest BCUT2D eigenvalue weighted by atomic mass is 10.1. The average molecular weight is 688 g/mol. The first-order valence-electron chi connectivity index (χ1n) is 14.2. The molecule has 0 atom stereocenters. The first-order chi connectivity index (χ1) is 21.7. The first kappa shape index (κ1) is 29.7. The van der Waals surface area contributed by atoms with Crippen LogP contribution in [0.25, 0.3) is 39.0 Å². The molecule has 7 rings (SSSR count). The Labute approximate surface area is 281 Å². The maximum Gasteiger partial charge on any atom is 0.123 e. The van der Waals surface area contributed by atoms with Crippen molar-refractivity contribution in [2.75, 3.05) is 13.2 Å². The van der Waals surface area contributed by atoms with E-state index < -0.39 is 0 Å². The van der Waals surface area contributed by atoms with Crippen molar-refractivity contribution in [1.29, 1.82) is 0 Å². The Morgan fingerprint density at radius 3 is 1.32 bits per heavy atom. The van der Waals surface area contributed by atoms with Gasteiger partial charge in [-0.1, -0.05) is 24.3 Å². The summed E-state index contributed by atoms with van der Waals surface area (Å²) in [6.07, 6.45) is 1.66. The number of hydrogen-bond donors (Lipinski definition) is 1. The van der Waals surface area contributed by atoms with Crippen LogP contribution in [-0.4, -0.2) is 13.2 Å². The second kappa shape index (κ2) is 14.0. The van der Waals surface area contributed by atoms with E-state index in [9.17, 15) is 0 Å². The molecule has 3 nitrogen and oxygen atoms in total. The molecule has 6 aromatic heterocycles. The third-order valence-electron chi connectivity index (χ3n) is 7.09. The topological polar surface area (TPSA) is 44.5 Å². The van der Waals surface area contributed by atoms with Gasteiger partial charge in [-0.25, -0.2) is 0 Å². The lowest BCUT2D eigenvalue weighted by Crippen LogP contribution is -2.05. The van der Waals surface area contributed by atoms with Gasteiger partial charge >= 0.3 is 0 Å². The summed E-state index contributed by atoms with van der Waals surface area (Å²) >= 11 is 10.9. The minimum Gasteiger partial charge on any atom is -0.493 e. The quantitative estimate of drug-likeness (QED) is 0.131. The Balaban J connectivity index is 1.03. The number of ether oxygens (including phenoxy) is 2. The van der Waals surface area contributed by atoms with E-state index in [1.54, 1.807) is 45.3 Å². The van der Waals surface area contributed by atoms with Crippen LogP contribution < -0.4 is 15.2 Å². The van der Waals surface area contributed by atoms with Crippen molar-refractivity contribution in [3.63, 3.8) is 0 Å². The second-order valence-electron chi connectivity index (χ2n) is 10.1. The number of nitrogens with two attached hydrogens (primary N) is 1. The summed E-state index contributed by atoms with van der Waals surface area (Å²) in [5.74, 6) is 1.59. The number of benzene rings is 1. The molecule has 0 spiro atoms. The Hall–Kier alpha value is -3.02. The van der Waals surface area contributed by atoms with E-state index in [0.29, 0.717) is 19.8 Å². The van der Waals surface area contributed by atoms with Gasteiger partial charge in [0.15, 0.2) is 0 Å². The van der Waals surface area contributed by atoms with Crippen molar-refractivity contribution in [3.05, 3.63) is 117 Å². The van der Waals surface area contributed by atoms with Gasteiger partial charge in [-0.05, 0) is 86.7 Å². The summed E-state index contributed by atoms with van der Waals surface area (Å²) in [7, 11) is 0. The highest BCUT2D eigenvalue weighted by Gasteiger charge is 2.16. The molecule has 222 valence electrons. The summed E-state index contributed by atoms with van der Waals surface area (Å²) in [6, 6.07) is 28.0. The lowest BCUT2D eigenvalue weighted by Gasteiger charge is -2.12. The van der Waals surface area contributed by atoms with E-state index in [-0.39, 0.29) is 0 Å². The van der Waals surface area contributed by atoms with Gasteiger partial charge in [0, 0.05) is 64.5 Å². The minimum atomic E-state index is 0.433. The lowest BCUT2D eigenvalue weighted by molar-refractivity contribution is 0.305. The van der Waals surface area contributed by atoms with E-state index in [1.807, 2.05) is 40.9 Å². The minimum absolute atomic E-state index is 0.433. The molecule has 9 heteroatoms. The van der Waals surface area contributed by atoms with Gasteiger partial charge in [-0.3, -0.25) is 0 Å². The van der Waals surface area contributed by atoms with E-state index in [2.05, 4.69) is 82.2 Å².